The van der Waals surface area contributed by atoms with Crippen LogP contribution in [0.25, 0.3) is 15.8 Å². The van der Waals surface area contributed by atoms with Gasteiger partial charge in [-0.05, 0) is 18.6 Å². The summed E-state index contributed by atoms with van der Waals surface area (Å²) in [5.74, 6) is 0.137. The Morgan fingerprint density at radius 3 is 2.77 bits per heavy atom. The number of hydrogen-bond donors (Lipinski definition) is 5. The van der Waals surface area contributed by atoms with Gasteiger partial charge in [0.15, 0.2) is 0 Å². The standard InChI is InChI=1S/C21H27ClN4O4S/c1-30-7-6-23-16-9-12(22)17(21-25-13-4-2-3-5-15(13)31-21)20(26-16)24-14-8-11(10-27)18(28)19(14)29/h2-5,11,14,16,18-19,23,27-29H,6-10H2,1H3,(H,24,26). The van der Waals surface area contributed by atoms with E-state index < -0.39 is 24.2 Å². The molecule has 1 saturated carbocycles. The van der Waals surface area contributed by atoms with Gasteiger partial charge in [0.05, 0.1) is 34.5 Å². The number of rotatable bonds is 7. The molecular formula is C21H27ClN4O4S. The summed E-state index contributed by atoms with van der Waals surface area (Å²) in [7, 11) is 1.64. The largest absolute Gasteiger partial charge is 0.396 e. The van der Waals surface area contributed by atoms with Gasteiger partial charge in [0, 0.05) is 37.6 Å². The number of dihydropyridines is 1. The van der Waals surface area contributed by atoms with E-state index in [1.54, 1.807) is 7.11 Å². The molecule has 0 amide bonds. The monoisotopic (exact) mass is 466 g/mol. The lowest BCUT2D eigenvalue weighted by Crippen LogP contribution is -2.46. The molecule has 0 spiro atoms. The van der Waals surface area contributed by atoms with Crippen molar-refractivity contribution < 1.29 is 20.1 Å². The smallest absolute Gasteiger partial charge is 0.134 e. The first-order chi connectivity index (χ1) is 15.0. The van der Waals surface area contributed by atoms with Crippen LogP contribution in [0.2, 0.25) is 0 Å². The molecule has 0 bridgehead atoms. The fourth-order valence-corrected chi connectivity index (χ4v) is 5.46. The number of aliphatic imine (C=N–C) groups is 1. The Kier molecular flexibility index (Phi) is 7.22. The Balaban J connectivity index is 1.64. The van der Waals surface area contributed by atoms with Gasteiger partial charge in [-0.25, -0.2) is 9.98 Å². The van der Waals surface area contributed by atoms with E-state index >= 15 is 0 Å². The summed E-state index contributed by atoms with van der Waals surface area (Å²) in [5, 5.41) is 38.2. The van der Waals surface area contributed by atoms with Crippen LogP contribution in [0.5, 0.6) is 0 Å². The van der Waals surface area contributed by atoms with Gasteiger partial charge in [-0.1, -0.05) is 23.7 Å². The number of para-hydroxylation sites is 1. The number of amidine groups is 1. The van der Waals surface area contributed by atoms with Crippen LogP contribution in [0.1, 0.15) is 17.8 Å². The maximum Gasteiger partial charge on any atom is 0.134 e. The second-order valence-electron chi connectivity index (χ2n) is 7.82. The Labute approximate surface area is 189 Å². The Morgan fingerprint density at radius 2 is 2.06 bits per heavy atom. The number of nitrogens with one attached hydrogen (secondary N) is 2. The summed E-state index contributed by atoms with van der Waals surface area (Å²) >= 11 is 8.29. The van der Waals surface area contributed by atoms with Gasteiger partial charge in [-0.15, -0.1) is 11.3 Å². The first-order valence-corrected chi connectivity index (χ1v) is 11.5. The van der Waals surface area contributed by atoms with Crippen molar-refractivity contribution in [1.29, 1.82) is 0 Å². The van der Waals surface area contributed by atoms with Crippen LogP contribution in [0, 0.1) is 5.92 Å². The molecule has 31 heavy (non-hydrogen) atoms. The number of nitrogens with zero attached hydrogens (tertiary/aromatic N) is 2. The van der Waals surface area contributed by atoms with Crippen LogP contribution in [-0.2, 0) is 4.74 Å². The molecule has 0 saturated heterocycles. The highest BCUT2D eigenvalue weighted by Gasteiger charge is 2.42. The van der Waals surface area contributed by atoms with Crippen molar-refractivity contribution >= 4 is 44.6 Å². The topological polar surface area (TPSA) is 119 Å². The summed E-state index contributed by atoms with van der Waals surface area (Å²) in [4.78, 5) is 9.55. The third kappa shape index (κ3) is 4.78. The lowest BCUT2D eigenvalue weighted by Gasteiger charge is -2.27. The van der Waals surface area contributed by atoms with Crippen LogP contribution in [-0.4, -0.2) is 77.4 Å². The van der Waals surface area contributed by atoms with E-state index in [1.165, 1.54) is 11.3 Å². The minimum atomic E-state index is -1.02. The molecule has 0 radical (unpaired) electrons. The molecule has 1 aromatic carbocycles. The van der Waals surface area contributed by atoms with E-state index in [-0.39, 0.29) is 12.8 Å². The first kappa shape index (κ1) is 22.6. The molecule has 5 N–H and O–H groups in total. The number of ether oxygens (including phenoxy) is 1. The van der Waals surface area contributed by atoms with Crippen molar-refractivity contribution in [3.63, 3.8) is 0 Å². The van der Waals surface area contributed by atoms with Crippen molar-refractivity contribution in [1.82, 2.24) is 15.6 Å². The number of halogens is 1. The molecule has 1 fully saturated rings. The summed E-state index contributed by atoms with van der Waals surface area (Å²) in [6.07, 6.45) is -1.33. The average Bonchev–Trinajstić information content (AvgIpc) is 3.29. The van der Waals surface area contributed by atoms with Crippen LogP contribution in [0.4, 0.5) is 0 Å². The highest BCUT2D eigenvalue weighted by Crippen LogP contribution is 2.36. The van der Waals surface area contributed by atoms with Gasteiger partial charge in [0.1, 0.15) is 23.1 Å². The molecule has 10 heteroatoms. The minimum absolute atomic E-state index is 0.189. The van der Waals surface area contributed by atoms with Crippen LogP contribution in [0.3, 0.4) is 0 Å². The summed E-state index contributed by atoms with van der Waals surface area (Å²) in [5.41, 5.74) is 1.60. The number of methoxy groups -OCH3 is 1. The highest BCUT2D eigenvalue weighted by atomic mass is 35.5. The zero-order valence-electron chi connectivity index (χ0n) is 17.2. The van der Waals surface area contributed by atoms with Gasteiger partial charge in [-0.3, -0.25) is 5.32 Å². The zero-order valence-corrected chi connectivity index (χ0v) is 18.7. The van der Waals surface area contributed by atoms with Crippen molar-refractivity contribution in [3.8, 4) is 0 Å². The van der Waals surface area contributed by atoms with Crippen molar-refractivity contribution in [3.05, 3.63) is 34.3 Å². The number of aromatic nitrogens is 1. The Hall–Kier alpha value is -1.59. The number of aliphatic hydroxyl groups excluding tert-OH is 3. The summed E-state index contributed by atoms with van der Waals surface area (Å²) < 4.78 is 6.15. The number of thiazole rings is 1. The lowest BCUT2D eigenvalue weighted by atomic mass is 10.1. The average molecular weight is 467 g/mol. The molecule has 1 aliphatic carbocycles. The lowest BCUT2D eigenvalue weighted by molar-refractivity contribution is 0.00143. The molecule has 2 heterocycles. The van der Waals surface area contributed by atoms with Crippen molar-refractivity contribution in [2.24, 2.45) is 10.9 Å². The molecule has 1 aliphatic heterocycles. The second-order valence-corrected chi connectivity index (χ2v) is 9.31. The second kappa shape index (κ2) is 9.91. The molecule has 5 unspecified atom stereocenters. The molecule has 8 nitrogen and oxygen atoms in total. The zero-order chi connectivity index (χ0) is 22.0. The van der Waals surface area contributed by atoms with E-state index in [0.717, 1.165) is 15.2 Å². The minimum Gasteiger partial charge on any atom is -0.396 e. The number of fused-ring (bicyclic) bond motifs is 1. The van der Waals surface area contributed by atoms with Crippen molar-refractivity contribution in [2.75, 3.05) is 26.9 Å². The molecule has 2 aliphatic rings. The van der Waals surface area contributed by atoms with E-state index in [9.17, 15) is 15.3 Å². The van der Waals surface area contributed by atoms with Crippen molar-refractivity contribution in [2.45, 2.75) is 37.3 Å². The van der Waals surface area contributed by atoms with Crippen LogP contribution in [0.15, 0.2) is 34.3 Å². The van der Waals surface area contributed by atoms with E-state index in [4.69, 9.17) is 26.3 Å². The molecular weight excluding hydrogens is 440 g/mol. The SMILES string of the molecule is COCCNC1CC(Cl)=C(c2nc3ccccc3s2)C(NC2CC(CO)C(O)C2O)=N1. The van der Waals surface area contributed by atoms with Crippen LogP contribution < -0.4 is 10.6 Å². The Bertz CT molecular complexity index is 948. The summed E-state index contributed by atoms with van der Waals surface area (Å²) in [6.45, 7) is 0.980. The summed E-state index contributed by atoms with van der Waals surface area (Å²) in [6, 6.07) is 7.41. The van der Waals surface area contributed by atoms with E-state index in [0.29, 0.717) is 42.4 Å². The predicted molar refractivity (Wildman–Crippen MR) is 122 cm³/mol. The van der Waals surface area contributed by atoms with Gasteiger partial charge in [0.2, 0.25) is 0 Å². The highest BCUT2D eigenvalue weighted by molar-refractivity contribution is 7.19. The molecule has 168 valence electrons. The van der Waals surface area contributed by atoms with Gasteiger partial charge < -0.3 is 25.4 Å². The maximum atomic E-state index is 10.5. The first-order valence-electron chi connectivity index (χ1n) is 10.3. The van der Waals surface area contributed by atoms with Gasteiger partial charge >= 0.3 is 0 Å². The number of benzene rings is 1. The number of hydrogen-bond acceptors (Lipinski definition) is 9. The quantitative estimate of drug-likeness (QED) is 0.390. The van der Waals surface area contributed by atoms with Gasteiger partial charge in [0.25, 0.3) is 0 Å². The molecule has 2 aromatic rings. The van der Waals surface area contributed by atoms with Crippen LogP contribution >= 0.6 is 22.9 Å². The Morgan fingerprint density at radius 1 is 1.26 bits per heavy atom. The third-order valence-electron chi connectivity index (χ3n) is 5.72. The third-order valence-corrected chi connectivity index (χ3v) is 7.12. The fraction of sp³-hybridized carbons (Fsp3) is 0.524. The normalized spacial score (nSPS) is 28.9. The molecule has 5 atom stereocenters. The number of aliphatic hydroxyl groups is 3. The van der Waals surface area contributed by atoms with E-state index in [1.807, 2.05) is 24.3 Å². The predicted octanol–water partition coefficient (Wildman–Crippen LogP) is 1.30. The molecule has 4 rings (SSSR count). The maximum absolute atomic E-state index is 10.5. The fourth-order valence-electron chi connectivity index (χ4n) is 4.04. The van der Waals surface area contributed by atoms with Gasteiger partial charge in [-0.2, -0.15) is 0 Å². The molecule has 1 aromatic heterocycles. The van der Waals surface area contributed by atoms with E-state index in [2.05, 4.69) is 10.6 Å².